The van der Waals surface area contributed by atoms with E-state index in [2.05, 4.69) is 5.32 Å². The van der Waals surface area contributed by atoms with Crippen molar-refractivity contribution >= 4 is 11.9 Å². The molecule has 12 heteroatoms. The average molecular weight is 560 g/mol. The van der Waals surface area contributed by atoms with Crippen LogP contribution in [0.4, 0.5) is 31.1 Å². The van der Waals surface area contributed by atoms with Crippen LogP contribution in [0, 0.1) is 0 Å². The van der Waals surface area contributed by atoms with Gasteiger partial charge in [0.05, 0.1) is 28.7 Å². The number of nitrogens with one attached hydrogen (secondary N) is 1. The van der Waals surface area contributed by atoms with E-state index in [1.165, 1.54) is 37.6 Å². The smallest absolute Gasteiger partial charge is 0.392 e. The van der Waals surface area contributed by atoms with E-state index in [1.807, 2.05) is 12.1 Å². The highest BCUT2D eigenvalue weighted by Crippen LogP contribution is 2.40. The molecule has 0 radical (unpaired) electrons. The molecule has 0 unspecified atom stereocenters. The summed E-state index contributed by atoms with van der Waals surface area (Å²) in [7, 11) is 1.43. The van der Waals surface area contributed by atoms with Crippen molar-refractivity contribution in [1.82, 2.24) is 15.1 Å². The fraction of sp³-hybridized carbons (Fsp3) is 0.481. The van der Waals surface area contributed by atoms with Crippen molar-refractivity contribution in [2.24, 2.45) is 0 Å². The standard InChI is InChI=1S/C27H31F6N3O3/c1-16(37)13-34-24(39)36-14-21(17-8-6-5-7-9-17)22(15-36)35(4)23(38)25(2,3)18-10-19(26(28,29)30)12-20(11-18)27(31,32)33/h5-12,16,21-22,37H,13-15H2,1-4H3,(H,34,39)/t16-,21-,22+/m0/s1. The van der Waals surface area contributed by atoms with Gasteiger partial charge in [-0.05, 0) is 50.1 Å². The van der Waals surface area contributed by atoms with E-state index in [9.17, 15) is 41.0 Å². The third kappa shape index (κ3) is 6.84. The van der Waals surface area contributed by atoms with Crippen LogP contribution in [0.25, 0.3) is 0 Å². The predicted molar refractivity (Wildman–Crippen MR) is 132 cm³/mol. The molecule has 1 saturated heterocycles. The van der Waals surface area contributed by atoms with Gasteiger partial charge in [-0.15, -0.1) is 0 Å². The predicted octanol–water partition coefficient (Wildman–Crippen LogP) is 5.02. The number of hydrogen-bond acceptors (Lipinski definition) is 3. The van der Waals surface area contributed by atoms with Crippen LogP contribution in [0.1, 0.15) is 48.9 Å². The van der Waals surface area contributed by atoms with Crippen molar-refractivity contribution in [1.29, 1.82) is 0 Å². The lowest BCUT2D eigenvalue weighted by atomic mass is 9.80. The second-order valence-electron chi connectivity index (χ2n) is 10.4. The lowest BCUT2D eigenvalue weighted by Crippen LogP contribution is -2.49. The van der Waals surface area contributed by atoms with Crippen LogP contribution in [0.5, 0.6) is 0 Å². The molecule has 1 aliphatic heterocycles. The molecule has 39 heavy (non-hydrogen) atoms. The normalized spacial score (nSPS) is 19.1. The quantitative estimate of drug-likeness (QED) is 0.489. The second kappa shape index (κ2) is 11.1. The van der Waals surface area contributed by atoms with Gasteiger partial charge in [-0.1, -0.05) is 30.3 Å². The van der Waals surface area contributed by atoms with Crippen LogP contribution in [0.3, 0.4) is 0 Å². The van der Waals surface area contributed by atoms with E-state index in [-0.39, 0.29) is 31.6 Å². The van der Waals surface area contributed by atoms with Gasteiger partial charge in [0.25, 0.3) is 0 Å². The first-order valence-corrected chi connectivity index (χ1v) is 12.3. The molecule has 0 aliphatic carbocycles. The van der Waals surface area contributed by atoms with E-state index < -0.39 is 58.5 Å². The molecule has 1 aliphatic rings. The van der Waals surface area contributed by atoms with E-state index >= 15 is 0 Å². The van der Waals surface area contributed by atoms with E-state index in [0.29, 0.717) is 12.1 Å². The zero-order valence-corrected chi connectivity index (χ0v) is 21.9. The maximum Gasteiger partial charge on any atom is 0.416 e. The first-order valence-electron chi connectivity index (χ1n) is 12.3. The SMILES string of the molecule is C[C@H](O)CNC(=O)N1C[C@@H](N(C)C(=O)C(C)(C)c2cc(C(F)(F)F)cc(C(F)(F)F)c2)[C@H](c2ccccc2)C1. The molecular weight excluding hydrogens is 528 g/mol. The molecule has 0 saturated carbocycles. The van der Waals surface area contributed by atoms with Gasteiger partial charge in [0.2, 0.25) is 5.91 Å². The lowest BCUT2D eigenvalue weighted by Gasteiger charge is -2.36. The number of halogens is 6. The molecule has 3 rings (SSSR count). The Kier molecular flexibility index (Phi) is 8.59. The first kappa shape index (κ1) is 30.3. The van der Waals surface area contributed by atoms with Gasteiger partial charge < -0.3 is 20.2 Å². The summed E-state index contributed by atoms with van der Waals surface area (Å²) in [5.41, 5.74) is -4.38. The van der Waals surface area contributed by atoms with Crippen LogP contribution in [-0.2, 0) is 22.6 Å². The van der Waals surface area contributed by atoms with Crippen LogP contribution >= 0.6 is 0 Å². The van der Waals surface area contributed by atoms with Gasteiger partial charge in [0, 0.05) is 32.6 Å². The lowest BCUT2D eigenvalue weighted by molar-refractivity contribution is -0.144. The number of carbonyl (C=O) groups is 2. The molecule has 2 aromatic rings. The molecule has 0 spiro atoms. The summed E-state index contributed by atoms with van der Waals surface area (Å²) in [5.74, 6) is -1.08. The van der Waals surface area contributed by atoms with Crippen LogP contribution < -0.4 is 5.32 Å². The molecule has 214 valence electrons. The summed E-state index contributed by atoms with van der Waals surface area (Å²) in [6.07, 6.45) is -10.9. The van der Waals surface area contributed by atoms with E-state index in [1.54, 1.807) is 18.2 Å². The summed E-state index contributed by atoms with van der Waals surface area (Å²) >= 11 is 0. The number of aliphatic hydroxyl groups excluding tert-OH is 1. The Labute approximate surface area is 222 Å². The zero-order valence-electron chi connectivity index (χ0n) is 21.9. The highest BCUT2D eigenvalue weighted by molar-refractivity contribution is 5.88. The molecule has 3 atom stereocenters. The Bertz CT molecular complexity index is 1150. The van der Waals surface area contributed by atoms with Gasteiger partial charge in [-0.2, -0.15) is 26.3 Å². The van der Waals surface area contributed by atoms with Gasteiger partial charge in [-0.3, -0.25) is 4.79 Å². The Morgan fingerprint density at radius 2 is 1.49 bits per heavy atom. The molecule has 0 aromatic heterocycles. The number of amides is 3. The van der Waals surface area contributed by atoms with Crippen molar-refractivity contribution in [3.8, 4) is 0 Å². The number of benzene rings is 2. The number of likely N-dealkylation sites (N-methyl/N-ethyl adjacent to an activating group) is 1. The van der Waals surface area contributed by atoms with Crippen molar-refractivity contribution in [3.63, 3.8) is 0 Å². The molecule has 1 heterocycles. The van der Waals surface area contributed by atoms with Gasteiger partial charge >= 0.3 is 18.4 Å². The maximum absolute atomic E-state index is 13.8. The molecule has 3 amide bonds. The summed E-state index contributed by atoms with van der Waals surface area (Å²) in [4.78, 5) is 29.3. The highest BCUT2D eigenvalue weighted by Gasteiger charge is 2.45. The Morgan fingerprint density at radius 3 is 1.97 bits per heavy atom. The number of alkyl halides is 6. The molecule has 6 nitrogen and oxygen atoms in total. The minimum absolute atomic E-state index is 0.00882. The number of urea groups is 1. The average Bonchev–Trinajstić information content (AvgIpc) is 3.31. The van der Waals surface area contributed by atoms with Gasteiger partial charge in [0.15, 0.2) is 0 Å². The number of hydrogen-bond donors (Lipinski definition) is 2. The van der Waals surface area contributed by atoms with Crippen molar-refractivity contribution in [2.45, 2.75) is 56.6 Å². The number of carbonyl (C=O) groups excluding carboxylic acids is 2. The number of rotatable bonds is 6. The number of nitrogens with zero attached hydrogens (tertiary/aromatic N) is 2. The summed E-state index contributed by atoms with van der Waals surface area (Å²) < 4.78 is 80.9. The van der Waals surface area contributed by atoms with E-state index in [4.69, 9.17) is 0 Å². The monoisotopic (exact) mass is 559 g/mol. The number of likely N-dealkylation sites (tertiary alicyclic amines) is 1. The minimum Gasteiger partial charge on any atom is -0.392 e. The zero-order chi connectivity index (χ0) is 29.3. The van der Waals surface area contributed by atoms with Gasteiger partial charge in [0.1, 0.15) is 0 Å². The molecule has 1 fully saturated rings. The Hall–Kier alpha value is -3.28. The molecule has 2 aromatic carbocycles. The van der Waals surface area contributed by atoms with Crippen molar-refractivity contribution in [2.75, 3.05) is 26.7 Å². The Balaban J connectivity index is 1.97. The summed E-state index contributed by atoms with van der Waals surface area (Å²) in [6.45, 7) is 4.35. The summed E-state index contributed by atoms with van der Waals surface area (Å²) in [6, 6.07) is 9.09. The van der Waals surface area contributed by atoms with Crippen LogP contribution in [0.15, 0.2) is 48.5 Å². The fourth-order valence-corrected chi connectivity index (χ4v) is 4.75. The molecule has 0 bridgehead atoms. The largest absolute Gasteiger partial charge is 0.416 e. The third-order valence-electron chi connectivity index (χ3n) is 7.01. The maximum atomic E-state index is 13.8. The first-order chi connectivity index (χ1) is 17.9. The van der Waals surface area contributed by atoms with Crippen LogP contribution in [-0.4, -0.2) is 65.7 Å². The number of aliphatic hydroxyl groups is 1. The van der Waals surface area contributed by atoms with Crippen molar-refractivity contribution < 1.29 is 41.0 Å². The Morgan fingerprint density at radius 1 is 0.974 bits per heavy atom. The minimum atomic E-state index is -5.05. The molecule has 2 N–H and O–H groups in total. The van der Waals surface area contributed by atoms with Crippen molar-refractivity contribution in [3.05, 3.63) is 70.8 Å². The second-order valence-corrected chi connectivity index (χ2v) is 10.4. The highest BCUT2D eigenvalue weighted by atomic mass is 19.4. The summed E-state index contributed by atoms with van der Waals surface area (Å²) in [5, 5.41) is 12.1. The van der Waals surface area contributed by atoms with E-state index in [0.717, 1.165) is 5.56 Å². The molecular formula is C27H31F6N3O3. The van der Waals surface area contributed by atoms with Crippen LogP contribution in [0.2, 0.25) is 0 Å². The third-order valence-corrected chi connectivity index (χ3v) is 7.01. The fourth-order valence-electron chi connectivity index (χ4n) is 4.75. The van der Waals surface area contributed by atoms with Gasteiger partial charge in [-0.25, -0.2) is 4.79 Å². The topological polar surface area (TPSA) is 72.9 Å².